The summed E-state index contributed by atoms with van der Waals surface area (Å²) in [5.74, 6) is 1.68. The molecule has 32 heavy (non-hydrogen) atoms. The lowest BCUT2D eigenvalue weighted by molar-refractivity contribution is -0.109. The number of hydrogen-bond acceptors (Lipinski definition) is 7. The number of nitrogens with zero attached hydrogens (tertiary/aromatic N) is 3. The molecule has 3 aromatic rings. The first kappa shape index (κ1) is 21.9. The molecular weight excluding hydrogens is 428 g/mol. The van der Waals surface area contributed by atoms with Crippen LogP contribution < -0.4 is 19.8 Å². The van der Waals surface area contributed by atoms with E-state index in [1.54, 1.807) is 18.3 Å². The van der Waals surface area contributed by atoms with E-state index in [-0.39, 0.29) is 12.1 Å². The molecule has 4 rings (SSSR count). The van der Waals surface area contributed by atoms with E-state index >= 15 is 0 Å². The number of carbonyl (C=O) groups is 1. The Labute approximate surface area is 187 Å². The number of carbonyl (C=O) groups excluding carboxylic acids is 1. The minimum absolute atomic E-state index is 0.273. The lowest BCUT2D eigenvalue weighted by atomic mass is 10.1. The minimum atomic E-state index is -3.35. The fraction of sp³-hybridized carbons (Fsp3) is 0.364. The second kappa shape index (κ2) is 8.70. The molecule has 3 heterocycles. The van der Waals surface area contributed by atoms with Gasteiger partial charge in [0.2, 0.25) is 10.0 Å². The first-order valence-corrected chi connectivity index (χ1v) is 12.4. The lowest BCUT2D eigenvalue weighted by Gasteiger charge is -2.40. The summed E-state index contributed by atoms with van der Waals surface area (Å²) in [7, 11) is -3.35. The third kappa shape index (κ3) is 4.80. The van der Waals surface area contributed by atoms with Crippen molar-refractivity contribution in [2.24, 2.45) is 0 Å². The van der Waals surface area contributed by atoms with Gasteiger partial charge in [0.05, 0.1) is 11.9 Å². The Balaban J connectivity index is 1.56. The average molecular weight is 457 g/mol. The molecule has 1 saturated heterocycles. The van der Waals surface area contributed by atoms with Gasteiger partial charge in [-0.2, -0.15) is 0 Å². The molecule has 9 nitrogen and oxygen atoms in total. The van der Waals surface area contributed by atoms with Crippen LogP contribution in [0.15, 0.2) is 42.6 Å². The van der Waals surface area contributed by atoms with Gasteiger partial charge in [0.1, 0.15) is 18.1 Å². The highest BCUT2D eigenvalue weighted by atomic mass is 32.2. The predicted octanol–water partition coefficient (Wildman–Crippen LogP) is 2.65. The summed E-state index contributed by atoms with van der Waals surface area (Å²) in [6.07, 6.45) is 3.85. The van der Waals surface area contributed by atoms with Gasteiger partial charge >= 0.3 is 0 Å². The molecule has 0 bridgehead atoms. The largest absolute Gasteiger partial charge is 0.380 e. The van der Waals surface area contributed by atoms with Crippen LogP contribution in [0.4, 0.5) is 23.0 Å². The molecule has 10 heteroatoms. The third-order valence-electron chi connectivity index (χ3n) is 5.33. The molecule has 1 fully saturated rings. The molecular formula is C22H28N6O3S. The molecule has 0 amide bonds. The van der Waals surface area contributed by atoms with Gasteiger partial charge in [-0.3, -0.25) is 4.72 Å². The first-order valence-electron chi connectivity index (χ1n) is 10.5. The number of benzene rings is 1. The standard InChI is InChI=1S/C22H28N6O3S/c1-15(2)24-20-5-4-8-23-22(20)27-9-10-28(18(13-27)14-29)21-12-16-11-17(26-32(3,30)31)6-7-19(16)25-21/h4-8,11-12,14-15,18,24-26H,9-10,13H2,1-3H3. The number of piperazine rings is 1. The number of sulfonamides is 1. The van der Waals surface area contributed by atoms with Gasteiger partial charge in [0.25, 0.3) is 0 Å². The average Bonchev–Trinajstić information content (AvgIpc) is 3.15. The van der Waals surface area contributed by atoms with Crippen molar-refractivity contribution in [2.45, 2.75) is 25.9 Å². The number of anilines is 4. The number of aromatic amines is 1. The molecule has 0 aliphatic carbocycles. The number of H-pyrrole nitrogens is 1. The Bertz CT molecular complexity index is 1220. The maximum atomic E-state index is 12.0. The van der Waals surface area contributed by atoms with Crippen molar-refractivity contribution in [3.63, 3.8) is 0 Å². The Kier molecular flexibility index (Phi) is 5.96. The maximum absolute atomic E-state index is 12.0. The second-order valence-corrected chi connectivity index (χ2v) is 10.1. The van der Waals surface area contributed by atoms with Crippen LogP contribution in [0.5, 0.6) is 0 Å². The zero-order valence-corrected chi connectivity index (χ0v) is 19.2. The summed E-state index contributed by atoms with van der Waals surface area (Å²) in [6.45, 7) is 6.03. The van der Waals surface area contributed by atoms with Crippen LogP contribution in [-0.2, 0) is 14.8 Å². The molecule has 1 unspecified atom stereocenters. The van der Waals surface area contributed by atoms with Crippen molar-refractivity contribution in [3.05, 3.63) is 42.6 Å². The van der Waals surface area contributed by atoms with Crippen molar-refractivity contribution in [1.82, 2.24) is 9.97 Å². The highest BCUT2D eigenvalue weighted by Crippen LogP contribution is 2.30. The van der Waals surface area contributed by atoms with Crippen LogP contribution in [0, 0.1) is 0 Å². The van der Waals surface area contributed by atoms with Gasteiger partial charge in [-0.15, -0.1) is 0 Å². The Hall–Kier alpha value is -3.27. The summed E-state index contributed by atoms with van der Waals surface area (Å²) >= 11 is 0. The van der Waals surface area contributed by atoms with Crippen molar-refractivity contribution in [3.8, 4) is 0 Å². The van der Waals surface area contributed by atoms with E-state index in [2.05, 4.69) is 38.8 Å². The molecule has 3 N–H and O–H groups in total. The van der Waals surface area contributed by atoms with Crippen LogP contribution in [0.3, 0.4) is 0 Å². The third-order valence-corrected chi connectivity index (χ3v) is 5.93. The predicted molar refractivity (Wildman–Crippen MR) is 129 cm³/mol. The molecule has 1 aliphatic rings. The van der Waals surface area contributed by atoms with Crippen molar-refractivity contribution in [2.75, 3.05) is 45.7 Å². The van der Waals surface area contributed by atoms with E-state index in [0.717, 1.165) is 40.8 Å². The zero-order valence-electron chi connectivity index (χ0n) is 18.4. The molecule has 1 aliphatic heterocycles. The molecule has 1 aromatic carbocycles. The van der Waals surface area contributed by atoms with Gasteiger partial charge in [0.15, 0.2) is 5.82 Å². The fourth-order valence-corrected chi connectivity index (χ4v) is 4.60. The highest BCUT2D eigenvalue weighted by molar-refractivity contribution is 7.92. The normalized spacial score (nSPS) is 17.1. The second-order valence-electron chi connectivity index (χ2n) is 8.35. The monoisotopic (exact) mass is 456 g/mol. The van der Waals surface area contributed by atoms with Crippen LogP contribution >= 0.6 is 0 Å². The van der Waals surface area contributed by atoms with Gasteiger partial charge < -0.3 is 24.9 Å². The Morgan fingerprint density at radius 2 is 2.03 bits per heavy atom. The summed E-state index contributed by atoms with van der Waals surface area (Å²) in [6, 6.07) is 11.1. The lowest BCUT2D eigenvalue weighted by Crippen LogP contribution is -2.54. The van der Waals surface area contributed by atoms with E-state index in [4.69, 9.17) is 0 Å². The van der Waals surface area contributed by atoms with E-state index in [0.29, 0.717) is 25.3 Å². The van der Waals surface area contributed by atoms with Crippen LogP contribution in [0.1, 0.15) is 13.8 Å². The van der Waals surface area contributed by atoms with Gasteiger partial charge in [-0.1, -0.05) is 0 Å². The quantitative estimate of drug-likeness (QED) is 0.469. The van der Waals surface area contributed by atoms with Crippen molar-refractivity contribution in [1.29, 1.82) is 0 Å². The number of nitrogens with one attached hydrogen (secondary N) is 3. The van der Waals surface area contributed by atoms with Crippen molar-refractivity contribution < 1.29 is 13.2 Å². The summed E-state index contributed by atoms with van der Waals surface area (Å²) in [5, 5.41) is 4.29. The van der Waals surface area contributed by atoms with Crippen molar-refractivity contribution >= 4 is 50.2 Å². The van der Waals surface area contributed by atoms with E-state index in [1.807, 2.05) is 29.2 Å². The highest BCUT2D eigenvalue weighted by Gasteiger charge is 2.29. The minimum Gasteiger partial charge on any atom is -0.380 e. The number of rotatable bonds is 7. The number of pyridine rings is 1. The van der Waals surface area contributed by atoms with Gasteiger partial charge in [-0.25, -0.2) is 13.4 Å². The molecule has 0 spiro atoms. The summed E-state index contributed by atoms with van der Waals surface area (Å²) < 4.78 is 25.5. The Morgan fingerprint density at radius 3 is 2.75 bits per heavy atom. The van der Waals surface area contributed by atoms with Gasteiger partial charge in [0, 0.05) is 48.5 Å². The maximum Gasteiger partial charge on any atom is 0.229 e. The van der Waals surface area contributed by atoms with Crippen LogP contribution in [-0.4, -0.2) is 62.6 Å². The number of aldehydes is 1. The zero-order chi connectivity index (χ0) is 22.9. The number of aromatic nitrogens is 2. The van der Waals surface area contributed by atoms with Gasteiger partial charge in [-0.05, 0) is 50.2 Å². The van der Waals surface area contributed by atoms with E-state index in [9.17, 15) is 13.2 Å². The smallest absolute Gasteiger partial charge is 0.229 e. The molecule has 1 atom stereocenters. The first-order chi connectivity index (χ1) is 15.2. The summed E-state index contributed by atoms with van der Waals surface area (Å²) in [4.78, 5) is 24.1. The van der Waals surface area contributed by atoms with Crippen LogP contribution in [0.25, 0.3) is 10.9 Å². The number of hydrogen-bond donors (Lipinski definition) is 3. The summed E-state index contributed by atoms with van der Waals surface area (Å²) in [5.41, 5.74) is 2.33. The fourth-order valence-electron chi connectivity index (χ4n) is 4.04. The van der Waals surface area contributed by atoms with E-state index < -0.39 is 10.0 Å². The Morgan fingerprint density at radius 1 is 1.22 bits per heavy atom. The van der Waals surface area contributed by atoms with E-state index in [1.165, 1.54) is 0 Å². The number of fused-ring (bicyclic) bond motifs is 1. The molecule has 170 valence electrons. The topological polar surface area (TPSA) is 110 Å². The molecule has 0 saturated carbocycles. The SMILES string of the molecule is CC(C)Nc1cccnc1N1CCN(c2cc3cc(NS(C)(=O)=O)ccc3[nH]2)C(C=O)C1. The molecule has 2 aromatic heterocycles. The molecule has 0 radical (unpaired) electrons. The van der Waals surface area contributed by atoms with Crippen LogP contribution in [0.2, 0.25) is 0 Å².